The van der Waals surface area contributed by atoms with E-state index in [4.69, 9.17) is 24.4 Å². The van der Waals surface area contributed by atoms with Crippen LogP contribution in [0.2, 0.25) is 0 Å². The minimum atomic E-state index is -0.693. The summed E-state index contributed by atoms with van der Waals surface area (Å²) in [5.74, 6) is -0.238. The fourth-order valence-corrected chi connectivity index (χ4v) is 11.0. The van der Waals surface area contributed by atoms with Gasteiger partial charge in [0, 0.05) is 55.3 Å². The number of allylic oxidation sites excluding steroid dienone is 1. The second kappa shape index (κ2) is 17.6. The van der Waals surface area contributed by atoms with Crippen LogP contribution in [0.15, 0.2) is 59.9 Å². The number of aliphatic imine (C=N–C) groups is 1. The molecule has 2 bridgehead atoms. The van der Waals surface area contributed by atoms with Crippen molar-refractivity contribution in [2.75, 3.05) is 34.4 Å². The summed E-state index contributed by atoms with van der Waals surface area (Å²) in [6.45, 7) is 9.07. The highest BCUT2D eigenvalue weighted by atomic mass is 16.5. The van der Waals surface area contributed by atoms with E-state index in [0.29, 0.717) is 31.6 Å². The van der Waals surface area contributed by atoms with Gasteiger partial charge in [-0.2, -0.15) is 0 Å². The number of fused-ring (bicyclic) bond motifs is 6. The van der Waals surface area contributed by atoms with Gasteiger partial charge >= 0.3 is 12.1 Å². The smallest absolute Gasteiger partial charge is 0.407 e. The highest BCUT2D eigenvalue weighted by Gasteiger charge is 2.45. The van der Waals surface area contributed by atoms with Crippen molar-refractivity contribution in [3.8, 4) is 22.4 Å². The molecule has 0 spiro atoms. The number of H-pyrrole nitrogens is 1. The van der Waals surface area contributed by atoms with Crippen molar-refractivity contribution in [3.05, 3.63) is 77.4 Å². The number of likely N-dealkylation sites (tertiary alicyclic amines) is 2. The quantitative estimate of drug-likeness (QED) is 0.134. The van der Waals surface area contributed by atoms with E-state index >= 15 is 0 Å². The predicted octanol–water partition coefficient (Wildman–Crippen LogP) is 8.17. The zero-order valence-corrected chi connectivity index (χ0v) is 38.0. The number of methoxy groups -OCH3 is 2. The molecule has 3 saturated heterocycles. The first-order valence-electron chi connectivity index (χ1n) is 23.0. The Hall–Kier alpha value is -5.89. The molecule has 5 aliphatic heterocycles. The van der Waals surface area contributed by atoms with E-state index in [9.17, 15) is 19.2 Å². The number of imidazole rings is 1. The molecule has 0 aliphatic carbocycles. The second-order valence-electron chi connectivity index (χ2n) is 18.9. The van der Waals surface area contributed by atoms with Crippen LogP contribution in [-0.4, -0.2) is 106 Å². The van der Waals surface area contributed by atoms with Gasteiger partial charge in [0.2, 0.25) is 11.8 Å². The number of pyridine rings is 1. The van der Waals surface area contributed by atoms with Gasteiger partial charge in [-0.1, -0.05) is 52.0 Å². The second-order valence-corrected chi connectivity index (χ2v) is 18.9. The number of nitrogens with one attached hydrogen (secondary N) is 2. The largest absolute Gasteiger partial charge is 0.469 e. The topological polar surface area (TPSA) is 162 Å². The van der Waals surface area contributed by atoms with Crippen LogP contribution in [0.25, 0.3) is 39.0 Å². The van der Waals surface area contributed by atoms with E-state index in [-0.39, 0.29) is 48.1 Å². The average molecular weight is 869 g/mol. The van der Waals surface area contributed by atoms with Crippen LogP contribution in [-0.2, 0) is 23.9 Å². The van der Waals surface area contributed by atoms with Gasteiger partial charge in [0.05, 0.1) is 55.4 Å². The van der Waals surface area contributed by atoms with E-state index < -0.39 is 18.1 Å². The van der Waals surface area contributed by atoms with Crippen LogP contribution in [0, 0.1) is 17.8 Å². The molecule has 4 aromatic rings. The van der Waals surface area contributed by atoms with Crippen molar-refractivity contribution in [3.63, 3.8) is 0 Å². The molecule has 9 rings (SSSR count). The summed E-state index contributed by atoms with van der Waals surface area (Å²) in [4.78, 5) is 76.7. The Morgan fingerprint density at radius 3 is 2.16 bits per heavy atom. The van der Waals surface area contributed by atoms with Crippen LogP contribution in [0.4, 0.5) is 4.79 Å². The first-order chi connectivity index (χ1) is 30.9. The maximum absolute atomic E-state index is 13.8. The number of alkyl carbamates (subject to hydrolysis) is 1. The van der Waals surface area contributed by atoms with Gasteiger partial charge < -0.3 is 29.6 Å². The third-order valence-electron chi connectivity index (χ3n) is 14.5. The van der Waals surface area contributed by atoms with Gasteiger partial charge in [-0.05, 0) is 109 Å². The molecule has 2 N–H and O–H groups in total. The molecule has 3 amide bonds. The summed E-state index contributed by atoms with van der Waals surface area (Å²) in [5, 5.41) is 2.74. The zero-order valence-electron chi connectivity index (χ0n) is 38.0. The van der Waals surface area contributed by atoms with Gasteiger partial charge in [0.15, 0.2) is 0 Å². The molecule has 2 aromatic heterocycles. The first-order valence-corrected chi connectivity index (χ1v) is 23.0. The van der Waals surface area contributed by atoms with E-state index in [1.165, 1.54) is 30.9 Å². The number of aromatic amines is 1. The molecule has 3 fully saturated rings. The number of ether oxygens (including phenoxy) is 2. The number of rotatable bonds is 12. The number of amides is 3. The Kier molecular flexibility index (Phi) is 11.9. The Morgan fingerprint density at radius 2 is 1.48 bits per heavy atom. The number of carbonyl (C=O) groups excluding carboxylic acids is 4. The minimum absolute atomic E-state index is 0.00724. The maximum Gasteiger partial charge on any atom is 0.407 e. The summed E-state index contributed by atoms with van der Waals surface area (Å²) < 4.78 is 9.73. The molecule has 0 saturated carbocycles. The Balaban J connectivity index is 0.936. The van der Waals surface area contributed by atoms with E-state index in [1.54, 1.807) is 0 Å². The lowest BCUT2D eigenvalue weighted by Crippen LogP contribution is -2.51. The summed E-state index contributed by atoms with van der Waals surface area (Å²) in [5.41, 5.74) is 12.0. The third kappa shape index (κ3) is 7.77. The molecular formula is C50H60N8O6. The van der Waals surface area contributed by atoms with Crippen molar-refractivity contribution in [2.45, 2.75) is 109 Å². The molecule has 6 atom stereocenters. The summed E-state index contributed by atoms with van der Waals surface area (Å²) in [6.07, 6.45) is 9.62. The molecule has 336 valence electrons. The molecule has 2 aromatic carbocycles. The van der Waals surface area contributed by atoms with E-state index in [0.717, 1.165) is 89.1 Å². The molecule has 64 heavy (non-hydrogen) atoms. The lowest BCUT2D eigenvalue weighted by Gasteiger charge is -2.30. The molecule has 7 heterocycles. The number of hydrogen-bond acceptors (Lipinski definition) is 10. The van der Waals surface area contributed by atoms with Crippen molar-refractivity contribution in [2.24, 2.45) is 22.7 Å². The molecule has 0 radical (unpaired) electrons. The molecular weight excluding hydrogens is 809 g/mol. The van der Waals surface area contributed by atoms with Crippen LogP contribution in [0.3, 0.4) is 0 Å². The fraction of sp³-hybridized carbons (Fsp3) is 0.500. The monoisotopic (exact) mass is 868 g/mol. The summed E-state index contributed by atoms with van der Waals surface area (Å²) in [7, 11) is 4.91. The van der Waals surface area contributed by atoms with Gasteiger partial charge in [0.25, 0.3) is 0 Å². The third-order valence-corrected chi connectivity index (χ3v) is 14.5. The van der Waals surface area contributed by atoms with Crippen molar-refractivity contribution >= 4 is 46.2 Å². The van der Waals surface area contributed by atoms with Gasteiger partial charge in [-0.15, -0.1) is 0 Å². The van der Waals surface area contributed by atoms with Crippen LogP contribution in [0.5, 0.6) is 0 Å². The van der Waals surface area contributed by atoms with Crippen LogP contribution in [0.1, 0.15) is 120 Å². The predicted molar refractivity (Wildman–Crippen MR) is 245 cm³/mol. The summed E-state index contributed by atoms with van der Waals surface area (Å²) >= 11 is 0. The normalized spacial score (nSPS) is 22.6. The number of aromatic nitrogens is 3. The minimum Gasteiger partial charge on any atom is -0.469 e. The molecule has 5 aliphatic rings. The van der Waals surface area contributed by atoms with Crippen molar-refractivity contribution in [1.29, 1.82) is 0 Å². The molecule has 14 heteroatoms. The number of carbonyl (C=O) groups is 4. The van der Waals surface area contributed by atoms with Crippen molar-refractivity contribution < 1.29 is 28.7 Å². The van der Waals surface area contributed by atoms with Gasteiger partial charge in [-0.25, -0.2) is 9.78 Å². The molecule has 2 unspecified atom stereocenters. The Bertz CT molecular complexity index is 2540. The Morgan fingerprint density at radius 1 is 0.797 bits per heavy atom. The van der Waals surface area contributed by atoms with Gasteiger partial charge in [-0.3, -0.25) is 29.3 Å². The number of nitrogens with zero attached hydrogens (tertiary/aromatic N) is 6. The zero-order chi connectivity index (χ0) is 45.0. The van der Waals surface area contributed by atoms with Crippen molar-refractivity contribution in [1.82, 2.24) is 35.0 Å². The van der Waals surface area contributed by atoms with Gasteiger partial charge in [0.1, 0.15) is 11.9 Å². The SMILES string of the molecule is COC(=O)C[C@H](C(=O)N1CCC[C@H]1C1=NC=C(c2ccc(-c3ccc(-c4ccc5nc([C@@H]6CCCN6C(=O)[C@@H](NC(=O)OC)C(C)C)[nH]c5c4)c4c3C3CCC4N3C)nc2)C1)C(C)C. The first kappa shape index (κ1) is 43.4. The highest BCUT2D eigenvalue weighted by Crippen LogP contribution is 2.57. The van der Waals surface area contributed by atoms with Crippen LogP contribution < -0.4 is 5.32 Å². The van der Waals surface area contributed by atoms with E-state index in [1.807, 2.05) is 49.9 Å². The lowest BCUT2D eigenvalue weighted by atomic mass is 9.82. The number of hydrogen-bond donors (Lipinski definition) is 2. The summed E-state index contributed by atoms with van der Waals surface area (Å²) in [6, 6.07) is 14.8. The number of esters is 1. The average Bonchev–Trinajstić information content (AvgIpc) is 4.17. The Labute approximate surface area is 374 Å². The standard InChI is InChI=1S/C50H60N8O6/c1-27(2)34(24-43(59)63-6)48(60)57-20-8-10-39(57)38-23-31(26-52-38)30-13-16-35(51-25-30)33-15-14-32(44-40-18-19-41(45(33)44)56(40)5)29-12-17-36-37(22-29)54-47(53-36)42-11-9-21-58(42)49(61)46(28(3)4)55-50(62)64-7/h12-17,22,25-28,34,39-42,46H,8-11,18-21,23-24H2,1-7H3,(H,53,54)(H,55,62)/t34-,39-,40?,41?,42-,46-/m0/s1. The highest BCUT2D eigenvalue weighted by molar-refractivity contribution is 6.03. The number of benzene rings is 2. The lowest BCUT2D eigenvalue weighted by molar-refractivity contribution is -0.148. The van der Waals surface area contributed by atoms with Crippen LogP contribution >= 0.6 is 0 Å². The van der Waals surface area contributed by atoms with E-state index in [2.05, 4.69) is 64.7 Å². The fourth-order valence-electron chi connectivity index (χ4n) is 11.0. The maximum atomic E-state index is 13.8. The molecule has 14 nitrogen and oxygen atoms in total.